The highest BCUT2D eigenvalue weighted by atomic mass is 35.5. The van der Waals surface area contributed by atoms with Gasteiger partial charge in [0.15, 0.2) is 0 Å². The molecule has 1 aromatic rings. The van der Waals surface area contributed by atoms with Crippen LogP contribution >= 0.6 is 11.6 Å². The summed E-state index contributed by atoms with van der Waals surface area (Å²) < 4.78 is 0. The predicted octanol–water partition coefficient (Wildman–Crippen LogP) is 3.11. The van der Waals surface area contributed by atoms with Crippen molar-refractivity contribution in [1.82, 2.24) is 0 Å². The van der Waals surface area contributed by atoms with Crippen LogP contribution in [0.5, 0.6) is 0 Å². The molecule has 0 aliphatic heterocycles. The molecule has 5 heteroatoms. The van der Waals surface area contributed by atoms with Crippen LogP contribution < -0.4 is 16.0 Å². The molecule has 0 spiro atoms. The van der Waals surface area contributed by atoms with E-state index >= 15 is 0 Å². The Balaban J connectivity index is 2.84. The van der Waals surface area contributed by atoms with E-state index in [0.29, 0.717) is 10.7 Å². The molecule has 0 saturated heterocycles. The van der Waals surface area contributed by atoms with Gasteiger partial charge in [0.1, 0.15) is 0 Å². The Hall–Kier alpha value is -1.26. The zero-order chi connectivity index (χ0) is 15.5. The first kappa shape index (κ1) is 16.8. The van der Waals surface area contributed by atoms with Gasteiger partial charge in [0, 0.05) is 26.6 Å². The third-order valence-corrected chi connectivity index (χ3v) is 3.53. The molecule has 0 radical (unpaired) electrons. The number of carbonyl (C=O) groups is 1. The molecule has 0 fully saturated rings. The lowest BCUT2D eigenvalue weighted by Crippen LogP contribution is -2.38. The average molecular weight is 298 g/mol. The number of anilines is 2. The standard InChI is InChI=1S/C15H24ClN3O/c1-15(2,3)12(17)9-13(20)18-11-8-6-7-10(16)14(11)19(4)5/h6-8,12H,9,17H2,1-5H3,(H,18,20). The van der Waals surface area contributed by atoms with Gasteiger partial charge in [-0.15, -0.1) is 0 Å². The Bertz CT molecular complexity index is 480. The minimum absolute atomic E-state index is 0.0993. The Kier molecular flexibility index (Phi) is 5.42. The van der Waals surface area contributed by atoms with Gasteiger partial charge < -0.3 is 16.0 Å². The third-order valence-electron chi connectivity index (χ3n) is 3.23. The van der Waals surface area contributed by atoms with Crippen LogP contribution in [0.1, 0.15) is 27.2 Å². The van der Waals surface area contributed by atoms with Crippen molar-refractivity contribution in [2.75, 3.05) is 24.3 Å². The fourth-order valence-corrected chi connectivity index (χ4v) is 2.12. The summed E-state index contributed by atoms with van der Waals surface area (Å²) in [4.78, 5) is 14.0. The van der Waals surface area contributed by atoms with Crippen LogP contribution in [0.15, 0.2) is 18.2 Å². The van der Waals surface area contributed by atoms with Gasteiger partial charge in [-0.1, -0.05) is 38.4 Å². The lowest BCUT2D eigenvalue weighted by Gasteiger charge is -2.27. The quantitative estimate of drug-likeness (QED) is 0.898. The van der Waals surface area contributed by atoms with E-state index in [0.717, 1.165) is 5.69 Å². The van der Waals surface area contributed by atoms with E-state index in [4.69, 9.17) is 17.3 Å². The highest BCUT2D eigenvalue weighted by Gasteiger charge is 2.23. The second kappa shape index (κ2) is 6.46. The molecule has 0 bridgehead atoms. The SMILES string of the molecule is CN(C)c1c(Cl)cccc1NC(=O)CC(N)C(C)(C)C. The number of para-hydroxylation sites is 1. The molecular weight excluding hydrogens is 274 g/mol. The molecule has 3 N–H and O–H groups in total. The Morgan fingerprint density at radius 2 is 2.00 bits per heavy atom. The van der Waals surface area contributed by atoms with Crippen LogP contribution in [0, 0.1) is 5.41 Å². The summed E-state index contributed by atoms with van der Waals surface area (Å²) in [6.45, 7) is 6.07. The number of nitrogens with two attached hydrogens (primary N) is 1. The van der Waals surface area contributed by atoms with Gasteiger partial charge in [-0.25, -0.2) is 0 Å². The molecule has 0 aliphatic carbocycles. The van der Waals surface area contributed by atoms with Crippen LogP contribution in [0.4, 0.5) is 11.4 Å². The van der Waals surface area contributed by atoms with Gasteiger partial charge in [0.2, 0.25) is 5.91 Å². The van der Waals surface area contributed by atoms with Gasteiger partial charge in [-0.3, -0.25) is 4.79 Å². The van der Waals surface area contributed by atoms with Crippen molar-refractivity contribution >= 4 is 28.9 Å². The smallest absolute Gasteiger partial charge is 0.226 e. The molecule has 112 valence electrons. The average Bonchev–Trinajstić information content (AvgIpc) is 2.26. The highest BCUT2D eigenvalue weighted by molar-refractivity contribution is 6.34. The number of halogens is 1. The van der Waals surface area contributed by atoms with Gasteiger partial charge in [0.05, 0.1) is 16.4 Å². The molecule has 20 heavy (non-hydrogen) atoms. The summed E-state index contributed by atoms with van der Waals surface area (Å²) in [5, 5.41) is 3.50. The zero-order valence-electron chi connectivity index (χ0n) is 12.8. The number of carbonyl (C=O) groups excluding carboxylic acids is 1. The van der Waals surface area contributed by atoms with Crippen molar-refractivity contribution < 1.29 is 4.79 Å². The summed E-state index contributed by atoms with van der Waals surface area (Å²) in [5.74, 6) is -0.0993. The second-order valence-corrected chi connectivity index (χ2v) is 6.66. The monoisotopic (exact) mass is 297 g/mol. The molecular formula is C15H24ClN3O. The number of hydrogen-bond acceptors (Lipinski definition) is 3. The number of hydrogen-bond donors (Lipinski definition) is 2. The largest absolute Gasteiger partial charge is 0.375 e. The zero-order valence-corrected chi connectivity index (χ0v) is 13.6. The lowest BCUT2D eigenvalue weighted by atomic mass is 9.85. The van der Waals surface area contributed by atoms with Crippen molar-refractivity contribution in [1.29, 1.82) is 0 Å². The summed E-state index contributed by atoms with van der Waals surface area (Å²) in [5.41, 5.74) is 7.44. The van der Waals surface area contributed by atoms with E-state index in [-0.39, 0.29) is 23.8 Å². The van der Waals surface area contributed by atoms with Gasteiger partial charge in [0.25, 0.3) is 0 Å². The summed E-state index contributed by atoms with van der Waals surface area (Å²) in [6.07, 6.45) is 0.281. The predicted molar refractivity (Wildman–Crippen MR) is 86.5 cm³/mol. The third kappa shape index (κ3) is 4.39. The van der Waals surface area contributed by atoms with Crippen molar-refractivity contribution in [3.63, 3.8) is 0 Å². The van der Waals surface area contributed by atoms with E-state index in [1.54, 1.807) is 6.07 Å². The molecule has 0 saturated carbocycles. The molecule has 4 nitrogen and oxygen atoms in total. The first-order chi connectivity index (χ1) is 9.12. The first-order valence-electron chi connectivity index (χ1n) is 6.64. The maximum absolute atomic E-state index is 12.1. The Morgan fingerprint density at radius 3 is 2.50 bits per heavy atom. The van der Waals surface area contributed by atoms with Gasteiger partial charge in [-0.05, 0) is 17.5 Å². The first-order valence-corrected chi connectivity index (χ1v) is 7.02. The van der Waals surface area contributed by atoms with Crippen molar-refractivity contribution in [3.05, 3.63) is 23.2 Å². The van der Waals surface area contributed by atoms with Crippen LogP contribution in [0.2, 0.25) is 5.02 Å². The number of rotatable bonds is 4. The topological polar surface area (TPSA) is 58.4 Å². The van der Waals surface area contributed by atoms with E-state index in [2.05, 4.69) is 5.32 Å². The summed E-state index contributed by atoms with van der Waals surface area (Å²) >= 11 is 6.17. The van der Waals surface area contributed by atoms with Crippen LogP contribution in [0.25, 0.3) is 0 Å². The van der Waals surface area contributed by atoms with Gasteiger partial charge in [-0.2, -0.15) is 0 Å². The number of nitrogens with one attached hydrogen (secondary N) is 1. The molecule has 1 rings (SSSR count). The molecule has 1 amide bonds. The fraction of sp³-hybridized carbons (Fsp3) is 0.533. The molecule has 0 aliphatic rings. The maximum Gasteiger partial charge on any atom is 0.226 e. The van der Waals surface area contributed by atoms with Crippen molar-refractivity contribution in [3.8, 4) is 0 Å². The van der Waals surface area contributed by atoms with Crippen molar-refractivity contribution in [2.45, 2.75) is 33.2 Å². The summed E-state index contributed by atoms with van der Waals surface area (Å²) in [6, 6.07) is 5.26. The highest BCUT2D eigenvalue weighted by Crippen LogP contribution is 2.32. The van der Waals surface area contributed by atoms with Crippen LogP contribution in [0.3, 0.4) is 0 Å². The molecule has 0 aromatic heterocycles. The Labute approximate surface area is 126 Å². The molecule has 0 heterocycles. The molecule has 1 aromatic carbocycles. The summed E-state index contributed by atoms with van der Waals surface area (Å²) in [7, 11) is 3.77. The van der Waals surface area contributed by atoms with Gasteiger partial charge >= 0.3 is 0 Å². The molecule has 1 unspecified atom stereocenters. The number of amides is 1. The van der Waals surface area contributed by atoms with Crippen LogP contribution in [-0.4, -0.2) is 26.0 Å². The van der Waals surface area contributed by atoms with Crippen LogP contribution in [-0.2, 0) is 4.79 Å². The normalized spacial score (nSPS) is 12.9. The number of benzene rings is 1. The van der Waals surface area contributed by atoms with E-state index in [1.807, 2.05) is 51.9 Å². The second-order valence-electron chi connectivity index (χ2n) is 6.26. The van der Waals surface area contributed by atoms with E-state index in [1.165, 1.54) is 0 Å². The minimum atomic E-state index is -0.190. The number of nitrogens with zero attached hydrogens (tertiary/aromatic N) is 1. The maximum atomic E-state index is 12.1. The lowest BCUT2D eigenvalue weighted by molar-refractivity contribution is -0.117. The van der Waals surface area contributed by atoms with E-state index < -0.39 is 0 Å². The minimum Gasteiger partial charge on any atom is -0.375 e. The fourth-order valence-electron chi connectivity index (χ4n) is 1.78. The van der Waals surface area contributed by atoms with Crippen molar-refractivity contribution in [2.24, 2.45) is 11.1 Å². The van der Waals surface area contributed by atoms with E-state index in [9.17, 15) is 4.79 Å². The Morgan fingerprint density at radius 1 is 1.40 bits per heavy atom. The molecule has 1 atom stereocenters.